The lowest BCUT2D eigenvalue weighted by atomic mass is 9.90. The van der Waals surface area contributed by atoms with Crippen molar-refractivity contribution in [2.24, 2.45) is 0 Å². The first-order valence-corrected chi connectivity index (χ1v) is 13.5. The van der Waals surface area contributed by atoms with Gasteiger partial charge in [0.25, 0.3) is 0 Å². The van der Waals surface area contributed by atoms with Crippen LogP contribution in [0.1, 0.15) is 31.7 Å². The molecule has 1 aromatic heterocycles. The van der Waals surface area contributed by atoms with E-state index in [-0.39, 0.29) is 18.5 Å². The topological polar surface area (TPSA) is 108 Å². The molecule has 1 unspecified atom stereocenters. The van der Waals surface area contributed by atoms with Gasteiger partial charge in [0.15, 0.2) is 0 Å². The van der Waals surface area contributed by atoms with Crippen LogP contribution in [0.3, 0.4) is 0 Å². The Morgan fingerprint density at radius 2 is 1.82 bits per heavy atom. The molecule has 3 aromatic rings. The van der Waals surface area contributed by atoms with Gasteiger partial charge < -0.3 is 20.5 Å². The second-order valence-corrected chi connectivity index (χ2v) is 10.4. The first-order chi connectivity index (χ1) is 19.0. The van der Waals surface area contributed by atoms with Crippen LogP contribution in [-0.4, -0.2) is 60.9 Å². The van der Waals surface area contributed by atoms with Gasteiger partial charge >= 0.3 is 18.1 Å². The molecule has 1 fully saturated rings. The molecule has 1 saturated heterocycles. The zero-order valence-corrected chi connectivity index (χ0v) is 23.0. The smallest absolute Gasteiger partial charge is 0.475 e. The van der Waals surface area contributed by atoms with Crippen LogP contribution in [0.25, 0.3) is 10.8 Å². The third-order valence-electron chi connectivity index (χ3n) is 6.61. The number of carbonyl (C=O) groups is 3. The molecule has 0 aliphatic carbocycles. The largest absolute Gasteiger partial charge is 0.490 e. The van der Waals surface area contributed by atoms with Crippen LogP contribution in [0.4, 0.5) is 18.2 Å². The number of rotatable bonds is 9. The van der Waals surface area contributed by atoms with Crippen molar-refractivity contribution in [2.45, 2.75) is 50.5 Å². The lowest BCUT2D eigenvalue weighted by Gasteiger charge is -2.39. The highest BCUT2D eigenvalue weighted by Gasteiger charge is 2.46. The lowest BCUT2D eigenvalue weighted by molar-refractivity contribution is -0.192. The van der Waals surface area contributed by atoms with Crippen LogP contribution >= 0.6 is 11.3 Å². The van der Waals surface area contributed by atoms with Crippen molar-refractivity contribution in [1.82, 2.24) is 10.6 Å². The van der Waals surface area contributed by atoms with Crippen molar-refractivity contribution in [1.29, 1.82) is 0 Å². The molecule has 4 rings (SSSR count). The zero-order valence-electron chi connectivity index (χ0n) is 22.2. The molecule has 12 heteroatoms. The highest BCUT2D eigenvalue weighted by atomic mass is 32.1. The molecule has 40 heavy (non-hydrogen) atoms. The van der Waals surface area contributed by atoms with Gasteiger partial charge in [-0.3, -0.25) is 9.69 Å². The summed E-state index contributed by atoms with van der Waals surface area (Å²) in [6, 6.07) is 18.4. The van der Waals surface area contributed by atoms with Crippen molar-refractivity contribution in [3.05, 3.63) is 65.5 Å². The quantitative estimate of drug-likeness (QED) is 0.315. The molecular weight excluding hydrogens is 547 g/mol. The van der Waals surface area contributed by atoms with Gasteiger partial charge in [-0.15, -0.1) is 11.3 Å². The number of carboxylic acids is 1. The van der Waals surface area contributed by atoms with E-state index in [0.717, 1.165) is 30.0 Å². The second kappa shape index (κ2) is 13.7. The Balaban J connectivity index is 0.000000559. The average molecular weight is 580 g/mol. The standard InChI is InChI=1S/C26H31N3O3S.C2HF3O2/c1-26(25(31)32-2,16-21-11-6-14-28-21)29(24-13-7-15-33-24)23(30)18-27-17-20-10-5-9-19-8-3-4-12-22(19)20;3-2(4,5)1(6)7/h3-5,7-10,12-13,15,21,27-28H,6,11,14,16-18H2,1-2H3;(H,6,7)/t21?,26-;/m0./s1. The fourth-order valence-corrected chi connectivity index (χ4v) is 5.63. The highest BCUT2D eigenvalue weighted by Crippen LogP contribution is 2.34. The fraction of sp³-hybridized carbons (Fsp3) is 0.393. The number of anilines is 1. The summed E-state index contributed by atoms with van der Waals surface area (Å²) < 4.78 is 36.9. The van der Waals surface area contributed by atoms with Gasteiger partial charge in [0, 0.05) is 12.6 Å². The minimum Gasteiger partial charge on any atom is -0.475 e. The Hall–Kier alpha value is -3.48. The van der Waals surface area contributed by atoms with Gasteiger partial charge in [0.05, 0.1) is 18.7 Å². The van der Waals surface area contributed by atoms with E-state index in [1.165, 1.54) is 29.2 Å². The average Bonchev–Trinajstić information content (AvgIpc) is 3.63. The van der Waals surface area contributed by atoms with E-state index in [1.54, 1.807) is 4.90 Å². The van der Waals surface area contributed by atoms with E-state index >= 15 is 0 Å². The van der Waals surface area contributed by atoms with Crippen LogP contribution in [0.15, 0.2) is 60.0 Å². The van der Waals surface area contributed by atoms with Crippen molar-refractivity contribution in [3.8, 4) is 0 Å². The maximum absolute atomic E-state index is 13.6. The Morgan fingerprint density at radius 3 is 2.42 bits per heavy atom. The van der Waals surface area contributed by atoms with E-state index in [0.29, 0.717) is 13.0 Å². The van der Waals surface area contributed by atoms with E-state index in [9.17, 15) is 22.8 Å². The number of esters is 1. The Bertz CT molecular complexity index is 1290. The lowest BCUT2D eigenvalue weighted by Crippen LogP contribution is -2.59. The first kappa shape index (κ1) is 31.1. The minimum absolute atomic E-state index is 0.117. The molecule has 1 amide bonds. The van der Waals surface area contributed by atoms with E-state index in [1.807, 2.05) is 42.6 Å². The number of amides is 1. The number of nitrogens with zero attached hydrogens (tertiary/aromatic N) is 1. The van der Waals surface area contributed by atoms with Crippen molar-refractivity contribution >= 4 is 45.0 Å². The number of thiophene rings is 1. The van der Waals surface area contributed by atoms with Crippen molar-refractivity contribution < 1.29 is 37.4 Å². The molecule has 0 spiro atoms. The molecule has 2 aromatic carbocycles. The molecule has 3 N–H and O–H groups in total. The van der Waals surface area contributed by atoms with Crippen LogP contribution < -0.4 is 15.5 Å². The molecule has 0 saturated carbocycles. The number of hydrogen-bond donors (Lipinski definition) is 3. The van der Waals surface area contributed by atoms with Gasteiger partial charge in [-0.2, -0.15) is 13.2 Å². The van der Waals surface area contributed by atoms with Crippen LogP contribution in [0.2, 0.25) is 0 Å². The molecule has 2 atom stereocenters. The number of nitrogens with one attached hydrogen (secondary N) is 2. The normalized spacial score (nSPS) is 16.5. The molecule has 0 bridgehead atoms. The minimum atomic E-state index is -5.08. The van der Waals surface area contributed by atoms with E-state index in [2.05, 4.69) is 34.9 Å². The van der Waals surface area contributed by atoms with Crippen LogP contribution in [-0.2, 0) is 25.7 Å². The summed E-state index contributed by atoms with van der Waals surface area (Å²) in [6.07, 6.45) is -2.52. The number of hydrogen-bond acceptors (Lipinski definition) is 7. The summed E-state index contributed by atoms with van der Waals surface area (Å²) >= 11 is 1.45. The predicted octanol–water partition coefficient (Wildman–Crippen LogP) is 4.73. The second-order valence-electron chi connectivity index (χ2n) is 9.49. The monoisotopic (exact) mass is 579 g/mol. The van der Waals surface area contributed by atoms with Crippen molar-refractivity contribution in [2.75, 3.05) is 25.1 Å². The van der Waals surface area contributed by atoms with Gasteiger partial charge in [-0.05, 0) is 66.6 Å². The predicted molar refractivity (Wildman–Crippen MR) is 147 cm³/mol. The number of halogens is 3. The molecule has 216 valence electrons. The number of alkyl halides is 3. The molecule has 1 aliphatic heterocycles. The summed E-state index contributed by atoms with van der Waals surface area (Å²) in [5, 5.41) is 18.9. The molecular formula is C28H32F3N3O5S. The third kappa shape index (κ3) is 7.80. The number of methoxy groups -OCH3 is 1. The molecule has 1 aliphatic rings. The van der Waals surface area contributed by atoms with Crippen molar-refractivity contribution in [3.63, 3.8) is 0 Å². The summed E-state index contributed by atoms with van der Waals surface area (Å²) in [5.74, 6) is -3.30. The summed E-state index contributed by atoms with van der Waals surface area (Å²) in [5.41, 5.74) is 0.0364. The summed E-state index contributed by atoms with van der Waals surface area (Å²) in [6.45, 7) is 3.43. The van der Waals surface area contributed by atoms with E-state index in [4.69, 9.17) is 14.6 Å². The van der Waals surface area contributed by atoms with Crippen LogP contribution in [0, 0.1) is 0 Å². The van der Waals surface area contributed by atoms with Gasteiger partial charge in [0.2, 0.25) is 5.91 Å². The highest BCUT2D eigenvalue weighted by molar-refractivity contribution is 7.14. The molecule has 2 heterocycles. The number of carboxylic acid groups (broad SMARTS) is 1. The maximum atomic E-state index is 13.6. The molecule has 8 nitrogen and oxygen atoms in total. The summed E-state index contributed by atoms with van der Waals surface area (Å²) in [7, 11) is 1.39. The zero-order chi connectivity index (χ0) is 29.3. The van der Waals surface area contributed by atoms with Gasteiger partial charge in [0.1, 0.15) is 5.54 Å². The maximum Gasteiger partial charge on any atom is 0.490 e. The molecule has 0 radical (unpaired) electrons. The number of carbonyl (C=O) groups excluding carboxylic acids is 2. The SMILES string of the molecule is COC(=O)[C@](C)(CC1CCCN1)N(C(=O)CNCc1cccc2ccccc12)c1cccs1.O=C(O)C(F)(F)F. The third-order valence-corrected chi connectivity index (χ3v) is 7.47. The Morgan fingerprint density at radius 1 is 1.12 bits per heavy atom. The van der Waals surface area contributed by atoms with Crippen LogP contribution in [0.5, 0.6) is 0 Å². The summed E-state index contributed by atoms with van der Waals surface area (Å²) in [4.78, 5) is 37.2. The Labute approximate surface area is 234 Å². The van der Waals surface area contributed by atoms with Gasteiger partial charge in [-0.1, -0.05) is 42.5 Å². The number of benzene rings is 2. The first-order valence-electron chi connectivity index (χ1n) is 12.6. The fourth-order valence-electron chi connectivity index (χ4n) is 4.76. The number of ether oxygens (including phenoxy) is 1. The Kier molecular flexibility index (Phi) is 10.7. The number of fused-ring (bicyclic) bond motifs is 1. The van der Waals surface area contributed by atoms with Gasteiger partial charge in [-0.25, -0.2) is 9.59 Å². The number of aliphatic carboxylic acids is 1. The van der Waals surface area contributed by atoms with E-state index < -0.39 is 23.7 Å².